The summed E-state index contributed by atoms with van der Waals surface area (Å²) in [5.41, 5.74) is 6.74. The van der Waals surface area contributed by atoms with Crippen molar-refractivity contribution in [3.8, 4) is 0 Å². The number of aryl methyl sites for hydroxylation is 1. The van der Waals surface area contributed by atoms with Gasteiger partial charge in [0.25, 0.3) is 0 Å². The Morgan fingerprint density at radius 2 is 1.69 bits per heavy atom. The summed E-state index contributed by atoms with van der Waals surface area (Å²) in [6, 6.07) is 24.6. The lowest BCUT2D eigenvalue weighted by Gasteiger charge is -2.36. The molecule has 0 amide bonds. The summed E-state index contributed by atoms with van der Waals surface area (Å²) in [6.45, 7) is 5.25. The van der Waals surface area contributed by atoms with Gasteiger partial charge < -0.3 is 15.6 Å². The number of hydrogen-bond donors (Lipinski definition) is 3. The largest absolute Gasteiger partial charge is 0.348 e. The second kappa shape index (κ2) is 12.6. The van der Waals surface area contributed by atoms with E-state index in [9.17, 15) is 0 Å². The molecule has 3 N–H and O–H groups in total. The van der Waals surface area contributed by atoms with Gasteiger partial charge in [0.2, 0.25) is 0 Å². The van der Waals surface area contributed by atoms with Gasteiger partial charge in [-0.05, 0) is 53.6 Å². The summed E-state index contributed by atoms with van der Waals surface area (Å²) in [7, 11) is 0. The summed E-state index contributed by atoms with van der Waals surface area (Å²) in [5.74, 6) is 0.983. The zero-order chi connectivity index (χ0) is 24.4. The Hall–Kier alpha value is -3.32. The van der Waals surface area contributed by atoms with E-state index in [0.717, 1.165) is 50.8 Å². The van der Waals surface area contributed by atoms with E-state index in [-0.39, 0.29) is 0 Å². The predicted molar refractivity (Wildman–Crippen MR) is 144 cm³/mol. The minimum Gasteiger partial charge on any atom is -0.348 e. The number of rotatable bonds is 12. The maximum atomic E-state index is 4.38. The summed E-state index contributed by atoms with van der Waals surface area (Å²) in [6.07, 6.45) is 9.18. The summed E-state index contributed by atoms with van der Waals surface area (Å²) >= 11 is 0. The maximum Gasteiger partial charge on any atom is 0.120 e. The second-order valence-corrected chi connectivity index (χ2v) is 9.53. The number of benzene rings is 2. The van der Waals surface area contributed by atoms with Gasteiger partial charge in [0.1, 0.15) is 5.82 Å². The van der Waals surface area contributed by atoms with Crippen LogP contribution < -0.4 is 10.6 Å². The van der Waals surface area contributed by atoms with Gasteiger partial charge in [0.05, 0.1) is 12.2 Å². The molecule has 6 nitrogen and oxygen atoms in total. The SMILES string of the molecule is c1ccc(CNCc2ccc(CN(CCNCc3ncc[nH]3)C3CCCc4ccccc43)cc2)nc1. The Labute approximate surface area is 214 Å². The van der Waals surface area contributed by atoms with Crippen molar-refractivity contribution in [2.45, 2.75) is 51.5 Å². The van der Waals surface area contributed by atoms with Gasteiger partial charge >= 0.3 is 0 Å². The number of pyridine rings is 1. The van der Waals surface area contributed by atoms with E-state index in [1.54, 1.807) is 6.20 Å². The Kier molecular flexibility index (Phi) is 8.52. The fraction of sp³-hybridized carbons (Fsp3) is 0.333. The lowest BCUT2D eigenvalue weighted by Crippen LogP contribution is -2.36. The minimum absolute atomic E-state index is 0.458. The van der Waals surface area contributed by atoms with Crippen molar-refractivity contribution < 1.29 is 0 Å². The van der Waals surface area contributed by atoms with E-state index < -0.39 is 0 Å². The average molecular weight is 481 g/mol. The highest BCUT2D eigenvalue weighted by atomic mass is 15.2. The van der Waals surface area contributed by atoms with Crippen LogP contribution in [0.5, 0.6) is 0 Å². The molecule has 0 saturated heterocycles. The molecule has 2 heterocycles. The molecule has 1 atom stereocenters. The molecule has 0 aliphatic heterocycles. The number of hydrogen-bond acceptors (Lipinski definition) is 5. The number of fused-ring (bicyclic) bond motifs is 1. The lowest BCUT2D eigenvalue weighted by molar-refractivity contribution is 0.170. The van der Waals surface area contributed by atoms with E-state index in [1.165, 1.54) is 41.5 Å². The van der Waals surface area contributed by atoms with E-state index in [1.807, 2.05) is 24.5 Å². The van der Waals surface area contributed by atoms with E-state index in [2.05, 4.69) is 85.1 Å². The summed E-state index contributed by atoms with van der Waals surface area (Å²) < 4.78 is 0. The van der Waals surface area contributed by atoms with Crippen LogP contribution in [-0.4, -0.2) is 32.9 Å². The number of aromatic amines is 1. The Balaban J connectivity index is 1.21. The third-order valence-electron chi connectivity index (χ3n) is 6.97. The van der Waals surface area contributed by atoms with E-state index >= 15 is 0 Å². The molecule has 1 aliphatic carbocycles. The van der Waals surface area contributed by atoms with Crippen LogP contribution in [0.3, 0.4) is 0 Å². The van der Waals surface area contributed by atoms with Gasteiger partial charge in [-0.15, -0.1) is 0 Å². The molecule has 2 aromatic heterocycles. The molecule has 36 heavy (non-hydrogen) atoms. The standard InChI is InChI=1S/C30H36N6/c1-2-9-28-26(6-1)7-5-10-29(28)36(19-18-31-22-30-34-16-17-35-30)23-25-13-11-24(12-14-25)20-32-21-27-8-3-4-15-33-27/h1-4,6,8-9,11-17,29,31-32H,5,7,10,18-23H2,(H,34,35). The van der Waals surface area contributed by atoms with Crippen LogP contribution in [0.15, 0.2) is 85.3 Å². The van der Waals surface area contributed by atoms with Crippen molar-refractivity contribution >= 4 is 0 Å². The maximum absolute atomic E-state index is 4.38. The quantitative estimate of drug-likeness (QED) is 0.255. The molecule has 186 valence electrons. The number of nitrogens with one attached hydrogen (secondary N) is 3. The fourth-order valence-electron chi connectivity index (χ4n) is 5.11. The highest BCUT2D eigenvalue weighted by Gasteiger charge is 2.25. The Morgan fingerprint density at radius 3 is 2.53 bits per heavy atom. The van der Waals surface area contributed by atoms with Crippen molar-refractivity contribution in [1.82, 2.24) is 30.5 Å². The van der Waals surface area contributed by atoms with Gasteiger partial charge in [-0.2, -0.15) is 0 Å². The zero-order valence-corrected chi connectivity index (χ0v) is 20.9. The number of imidazole rings is 1. The van der Waals surface area contributed by atoms with Crippen LogP contribution in [0.25, 0.3) is 0 Å². The fourth-order valence-corrected chi connectivity index (χ4v) is 5.11. The van der Waals surface area contributed by atoms with Crippen LogP contribution in [-0.2, 0) is 32.6 Å². The van der Waals surface area contributed by atoms with Crippen molar-refractivity contribution in [2.24, 2.45) is 0 Å². The van der Waals surface area contributed by atoms with Crippen molar-refractivity contribution in [3.05, 3.63) is 119 Å². The molecular weight excluding hydrogens is 444 g/mol. The van der Waals surface area contributed by atoms with Crippen LogP contribution in [0.1, 0.15) is 52.7 Å². The Morgan fingerprint density at radius 1 is 0.833 bits per heavy atom. The normalized spacial score (nSPS) is 15.2. The topological polar surface area (TPSA) is 68.9 Å². The Bertz CT molecular complexity index is 1170. The average Bonchev–Trinajstić information content (AvgIpc) is 3.45. The smallest absolute Gasteiger partial charge is 0.120 e. The molecule has 4 aromatic rings. The number of H-pyrrole nitrogens is 1. The van der Waals surface area contributed by atoms with E-state index in [0.29, 0.717) is 6.04 Å². The molecule has 1 unspecified atom stereocenters. The molecule has 0 saturated carbocycles. The van der Waals surface area contributed by atoms with Gasteiger partial charge in [0, 0.05) is 57.4 Å². The first kappa shape index (κ1) is 24.4. The molecule has 1 aliphatic rings. The number of aromatic nitrogens is 3. The molecular formula is C30H36N6. The van der Waals surface area contributed by atoms with Crippen molar-refractivity contribution in [2.75, 3.05) is 13.1 Å². The van der Waals surface area contributed by atoms with Gasteiger partial charge in [0.15, 0.2) is 0 Å². The summed E-state index contributed by atoms with van der Waals surface area (Å²) in [4.78, 5) is 14.5. The van der Waals surface area contributed by atoms with Gasteiger partial charge in [-0.25, -0.2) is 4.98 Å². The highest BCUT2D eigenvalue weighted by molar-refractivity contribution is 5.32. The monoisotopic (exact) mass is 480 g/mol. The van der Waals surface area contributed by atoms with E-state index in [4.69, 9.17) is 0 Å². The minimum atomic E-state index is 0.458. The molecule has 6 heteroatoms. The van der Waals surface area contributed by atoms with Gasteiger partial charge in [-0.1, -0.05) is 54.6 Å². The number of nitrogens with zero attached hydrogens (tertiary/aromatic N) is 3. The van der Waals surface area contributed by atoms with Gasteiger partial charge in [-0.3, -0.25) is 9.88 Å². The first-order valence-corrected chi connectivity index (χ1v) is 13.0. The van der Waals surface area contributed by atoms with Crippen LogP contribution in [0.2, 0.25) is 0 Å². The second-order valence-electron chi connectivity index (χ2n) is 9.53. The third-order valence-corrected chi connectivity index (χ3v) is 6.97. The van der Waals surface area contributed by atoms with Crippen molar-refractivity contribution in [3.63, 3.8) is 0 Å². The molecule has 0 radical (unpaired) electrons. The highest BCUT2D eigenvalue weighted by Crippen LogP contribution is 2.34. The first-order chi connectivity index (χ1) is 17.8. The predicted octanol–water partition coefficient (Wildman–Crippen LogP) is 4.76. The third kappa shape index (κ3) is 6.66. The molecule has 0 fully saturated rings. The molecule has 0 spiro atoms. The van der Waals surface area contributed by atoms with Crippen LogP contribution in [0.4, 0.5) is 0 Å². The van der Waals surface area contributed by atoms with Crippen LogP contribution in [0, 0.1) is 0 Å². The first-order valence-electron chi connectivity index (χ1n) is 13.0. The molecule has 5 rings (SSSR count). The zero-order valence-electron chi connectivity index (χ0n) is 20.9. The molecule has 2 aromatic carbocycles. The lowest BCUT2D eigenvalue weighted by atomic mass is 9.86. The molecule has 0 bridgehead atoms. The summed E-state index contributed by atoms with van der Waals surface area (Å²) in [5, 5.41) is 7.06. The van der Waals surface area contributed by atoms with Crippen molar-refractivity contribution in [1.29, 1.82) is 0 Å². The van der Waals surface area contributed by atoms with Crippen LogP contribution >= 0.6 is 0 Å².